The van der Waals surface area contributed by atoms with Crippen molar-refractivity contribution in [1.29, 1.82) is 0 Å². The highest BCUT2D eigenvalue weighted by Crippen LogP contribution is 2.18. The van der Waals surface area contributed by atoms with Crippen LogP contribution >= 0.6 is 0 Å². The second-order valence-corrected chi connectivity index (χ2v) is 8.07. The predicted molar refractivity (Wildman–Crippen MR) is 134 cm³/mol. The van der Waals surface area contributed by atoms with Crippen LogP contribution in [0.1, 0.15) is 31.8 Å². The first kappa shape index (κ1) is 22.3. The molecule has 2 amide bonds. The van der Waals surface area contributed by atoms with E-state index in [0.29, 0.717) is 11.4 Å². The van der Waals surface area contributed by atoms with E-state index >= 15 is 0 Å². The van der Waals surface area contributed by atoms with Gasteiger partial charge >= 0.3 is 0 Å². The lowest BCUT2D eigenvalue weighted by Crippen LogP contribution is -2.20. The highest BCUT2D eigenvalue weighted by molar-refractivity contribution is 6.09. The van der Waals surface area contributed by atoms with Crippen LogP contribution in [-0.2, 0) is 0 Å². The third kappa shape index (κ3) is 5.03. The largest absolute Gasteiger partial charge is 0.368 e. The zero-order chi connectivity index (χ0) is 24.2. The molecule has 0 bridgehead atoms. The molecule has 3 aromatic rings. The van der Waals surface area contributed by atoms with Crippen LogP contribution < -0.4 is 21.3 Å². The quantitative estimate of drug-likeness (QED) is 0.444. The van der Waals surface area contributed by atoms with Gasteiger partial charge in [-0.15, -0.1) is 0 Å². The van der Waals surface area contributed by atoms with Crippen LogP contribution in [0.25, 0.3) is 0 Å². The van der Waals surface area contributed by atoms with Gasteiger partial charge in [-0.3, -0.25) is 19.6 Å². The minimum absolute atomic E-state index is 0.170. The number of amidine groups is 2. The topological polar surface area (TPSA) is 107 Å². The molecule has 2 aliphatic rings. The Morgan fingerprint density at radius 2 is 1.23 bits per heavy atom. The first-order valence-electron chi connectivity index (χ1n) is 11.3. The van der Waals surface area contributed by atoms with Crippen molar-refractivity contribution >= 4 is 34.9 Å². The first-order chi connectivity index (χ1) is 17.1. The Bertz CT molecular complexity index is 1330. The van der Waals surface area contributed by atoms with Crippen LogP contribution in [-0.4, -0.2) is 49.7 Å². The molecule has 176 valence electrons. The van der Waals surface area contributed by atoms with Crippen molar-refractivity contribution in [3.8, 4) is 0 Å². The number of aliphatic imine (C=N–C) groups is 2. The number of nitrogens with one attached hydrogen (secondary N) is 4. The van der Waals surface area contributed by atoms with E-state index in [0.717, 1.165) is 55.0 Å². The molecule has 0 aliphatic carbocycles. The number of anilines is 2. The summed E-state index contributed by atoms with van der Waals surface area (Å²) in [6.07, 6.45) is 0. The Labute approximate surface area is 201 Å². The minimum atomic E-state index is -0.714. The summed E-state index contributed by atoms with van der Waals surface area (Å²) in [4.78, 5) is 34.2. The summed E-state index contributed by atoms with van der Waals surface area (Å²) in [6.45, 7) is 3.09. The Kier molecular flexibility index (Phi) is 6.21. The van der Waals surface area contributed by atoms with Gasteiger partial charge in [0.2, 0.25) is 0 Å². The predicted octanol–water partition coefficient (Wildman–Crippen LogP) is 3.03. The third-order valence-corrected chi connectivity index (χ3v) is 5.65. The van der Waals surface area contributed by atoms with Crippen molar-refractivity contribution in [3.63, 3.8) is 0 Å². The Morgan fingerprint density at radius 1 is 0.714 bits per heavy atom. The molecular weight excluding hydrogens is 447 g/mol. The third-order valence-electron chi connectivity index (χ3n) is 5.65. The zero-order valence-electron chi connectivity index (χ0n) is 18.8. The fourth-order valence-corrected chi connectivity index (χ4v) is 3.85. The van der Waals surface area contributed by atoms with Crippen LogP contribution in [0.2, 0.25) is 0 Å². The summed E-state index contributed by atoms with van der Waals surface area (Å²) in [5, 5.41) is 11.8. The number of carbonyl (C=O) groups excluding carboxylic acids is 2. The van der Waals surface area contributed by atoms with E-state index in [9.17, 15) is 14.0 Å². The number of hydrogen-bond acceptors (Lipinski definition) is 6. The van der Waals surface area contributed by atoms with E-state index in [1.807, 2.05) is 24.3 Å². The Balaban J connectivity index is 1.26. The summed E-state index contributed by atoms with van der Waals surface area (Å²) >= 11 is 0. The fourth-order valence-electron chi connectivity index (χ4n) is 3.85. The molecule has 0 aromatic heterocycles. The molecule has 2 heterocycles. The molecule has 0 saturated carbocycles. The van der Waals surface area contributed by atoms with Crippen LogP contribution in [0.5, 0.6) is 0 Å². The van der Waals surface area contributed by atoms with Gasteiger partial charge in [-0.2, -0.15) is 0 Å². The Hall–Kier alpha value is -4.53. The smallest absolute Gasteiger partial charge is 0.258 e. The lowest BCUT2D eigenvalue weighted by atomic mass is 10.1. The molecule has 35 heavy (non-hydrogen) atoms. The number of halogens is 1. The van der Waals surface area contributed by atoms with Gasteiger partial charge in [0.15, 0.2) is 0 Å². The van der Waals surface area contributed by atoms with E-state index < -0.39 is 17.6 Å². The standard InChI is InChI=1S/C26H23FN6O2/c27-22-10-5-18(25(34)32-19-6-1-16(2-7-19)23-28-11-12-29-23)15-21(22)26(35)33-20-8-3-17(4-9-20)24-30-13-14-31-24/h1-10,15H,11-14H2,(H,28,29)(H,30,31)(H,32,34)(H,33,35). The minimum Gasteiger partial charge on any atom is -0.368 e. The highest BCUT2D eigenvalue weighted by atomic mass is 19.1. The number of nitrogens with zero attached hydrogens (tertiary/aromatic N) is 2. The number of carbonyl (C=O) groups is 2. The van der Waals surface area contributed by atoms with Gasteiger partial charge < -0.3 is 21.3 Å². The maximum atomic E-state index is 14.4. The molecule has 9 heteroatoms. The molecular formula is C26H23FN6O2. The van der Waals surface area contributed by atoms with E-state index in [1.54, 1.807) is 24.3 Å². The Morgan fingerprint density at radius 3 is 1.71 bits per heavy atom. The number of benzene rings is 3. The maximum Gasteiger partial charge on any atom is 0.258 e. The lowest BCUT2D eigenvalue weighted by molar-refractivity contribution is 0.102. The van der Waals surface area contributed by atoms with Gasteiger partial charge in [0.25, 0.3) is 11.8 Å². The monoisotopic (exact) mass is 470 g/mol. The molecule has 0 fully saturated rings. The number of rotatable bonds is 6. The van der Waals surface area contributed by atoms with E-state index in [2.05, 4.69) is 31.3 Å². The molecule has 0 saturated heterocycles. The molecule has 0 spiro atoms. The van der Waals surface area contributed by atoms with E-state index in [4.69, 9.17) is 0 Å². The summed E-state index contributed by atoms with van der Waals surface area (Å²) in [6, 6.07) is 18.1. The molecule has 0 atom stereocenters. The molecule has 3 aromatic carbocycles. The van der Waals surface area contributed by atoms with Crippen LogP contribution in [0, 0.1) is 5.82 Å². The highest BCUT2D eigenvalue weighted by Gasteiger charge is 2.17. The normalized spacial score (nSPS) is 14.4. The molecule has 0 unspecified atom stereocenters. The van der Waals surface area contributed by atoms with Crippen molar-refractivity contribution < 1.29 is 14.0 Å². The molecule has 0 radical (unpaired) electrons. The van der Waals surface area contributed by atoms with E-state index in [1.165, 1.54) is 12.1 Å². The molecule has 2 aliphatic heterocycles. The summed E-state index contributed by atoms with van der Waals surface area (Å²) in [5.41, 5.74) is 2.88. The molecule has 4 N–H and O–H groups in total. The van der Waals surface area contributed by atoms with Crippen molar-refractivity contribution in [2.75, 3.05) is 36.8 Å². The van der Waals surface area contributed by atoms with Gasteiger partial charge in [0.05, 0.1) is 18.7 Å². The second kappa shape index (κ2) is 9.76. The van der Waals surface area contributed by atoms with Crippen LogP contribution in [0.15, 0.2) is 76.7 Å². The molecule has 8 nitrogen and oxygen atoms in total. The van der Waals surface area contributed by atoms with Gasteiger partial charge in [-0.25, -0.2) is 4.39 Å². The van der Waals surface area contributed by atoms with Crippen molar-refractivity contribution in [2.45, 2.75) is 0 Å². The lowest BCUT2D eigenvalue weighted by Gasteiger charge is -2.10. The average Bonchev–Trinajstić information content (AvgIpc) is 3.60. The second-order valence-electron chi connectivity index (χ2n) is 8.07. The van der Waals surface area contributed by atoms with Gasteiger partial charge in [-0.05, 0) is 66.7 Å². The fraction of sp³-hybridized carbons (Fsp3) is 0.154. The van der Waals surface area contributed by atoms with Crippen molar-refractivity contribution in [2.24, 2.45) is 9.98 Å². The number of hydrogen-bond donors (Lipinski definition) is 4. The SMILES string of the molecule is O=C(Nc1ccc(C2=NCCN2)cc1)c1ccc(F)c(C(=O)Nc2ccc(C3=NCCN3)cc2)c1. The summed E-state index contributed by atoms with van der Waals surface area (Å²) in [5.74, 6) is -0.163. The maximum absolute atomic E-state index is 14.4. The molecule has 5 rings (SSSR count). The van der Waals surface area contributed by atoms with Crippen molar-refractivity contribution in [1.82, 2.24) is 10.6 Å². The summed E-state index contributed by atoms with van der Waals surface area (Å²) < 4.78 is 14.4. The average molecular weight is 471 g/mol. The first-order valence-corrected chi connectivity index (χ1v) is 11.3. The van der Waals surface area contributed by atoms with Gasteiger partial charge in [0.1, 0.15) is 17.5 Å². The van der Waals surface area contributed by atoms with Crippen LogP contribution in [0.3, 0.4) is 0 Å². The van der Waals surface area contributed by atoms with Crippen LogP contribution in [0.4, 0.5) is 15.8 Å². The zero-order valence-corrected chi connectivity index (χ0v) is 18.8. The number of amides is 2. The van der Waals surface area contributed by atoms with Gasteiger partial charge in [0, 0.05) is 41.2 Å². The van der Waals surface area contributed by atoms with E-state index in [-0.39, 0.29) is 11.1 Å². The van der Waals surface area contributed by atoms with Gasteiger partial charge in [-0.1, -0.05) is 0 Å². The van der Waals surface area contributed by atoms with Crippen molar-refractivity contribution in [3.05, 3.63) is 94.8 Å². The summed E-state index contributed by atoms with van der Waals surface area (Å²) in [7, 11) is 0.